The maximum atomic E-state index is 12.4. The molecule has 1 fully saturated rings. The number of hydrogen-bond donors (Lipinski definition) is 1. The Morgan fingerprint density at radius 3 is 2.91 bits per heavy atom. The van der Waals surface area contributed by atoms with Crippen molar-refractivity contribution in [2.75, 3.05) is 19.6 Å². The number of thiophene rings is 1. The molecule has 1 aromatic heterocycles. The van der Waals surface area contributed by atoms with Crippen molar-refractivity contribution in [3.63, 3.8) is 0 Å². The Balaban J connectivity index is 1.92. The summed E-state index contributed by atoms with van der Waals surface area (Å²) in [5.41, 5.74) is 0. The number of likely N-dealkylation sites (tertiary alicyclic amines) is 1. The first-order valence-corrected chi connectivity index (χ1v) is 8.76. The largest absolute Gasteiger partial charge is 0.433 e. The van der Waals surface area contributed by atoms with Gasteiger partial charge in [-0.3, -0.25) is 4.79 Å². The van der Waals surface area contributed by atoms with E-state index in [0.717, 1.165) is 30.8 Å². The fourth-order valence-electron chi connectivity index (χ4n) is 2.88. The number of rotatable bonds is 6. The molecular formula is C16H24F2N2O2S. The normalized spacial score (nSPS) is 19.3. The molecule has 23 heavy (non-hydrogen) atoms. The lowest BCUT2D eigenvalue weighted by Crippen LogP contribution is -2.43. The number of alkyl halides is 2. The van der Waals surface area contributed by atoms with Gasteiger partial charge in [-0.15, -0.1) is 11.3 Å². The molecule has 2 heterocycles. The molecule has 1 atom stereocenters. The number of aryl methyl sites for hydroxylation is 1. The van der Waals surface area contributed by atoms with Gasteiger partial charge in [-0.05, 0) is 52.1 Å². The van der Waals surface area contributed by atoms with Crippen LogP contribution in [0.15, 0.2) is 6.07 Å². The smallest absolute Gasteiger partial charge is 0.387 e. The molecule has 1 saturated heterocycles. The number of piperidine rings is 1. The highest BCUT2D eigenvalue weighted by Crippen LogP contribution is 2.30. The summed E-state index contributed by atoms with van der Waals surface area (Å²) in [7, 11) is 0. The number of carbonyl (C=O) groups is 1. The van der Waals surface area contributed by atoms with E-state index in [1.54, 1.807) is 6.92 Å². The van der Waals surface area contributed by atoms with E-state index in [0.29, 0.717) is 18.5 Å². The van der Waals surface area contributed by atoms with Crippen molar-refractivity contribution >= 4 is 17.2 Å². The molecule has 7 heteroatoms. The van der Waals surface area contributed by atoms with Gasteiger partial charge in [-0.2, -0.15) is 8.78 Å². The van der Waals surface area contributed by atoms with Crippen molar-refractivity contribution in [2.24, 2.45) is 5.92 Å². The minimum absolute atomic E-state index is 0.0348. The predicted molar refractivity (Wildman–Crippen MR) is 87.5 cm³/mol. The summed E-state index contributed by atoms with van der Waals surface area (Å²) in [5.74, 6) is 0.0310. The second-order valence-electron chi connectivity index (χ2n) is 6.24. The third-order valence-corrected chi connectivity index (χ3v) is 5.11. The summed E-state index contributed by atoms with van der Waals surface area (Å²) in [5, 5.41) is 2.88. The quantitative estimate of drug-likeness (QED) is 0.857. The van der Waals surface area contributed by atoms with E-state index in [4.69, 9.17) is 0 Å². The lowest BCUT2D eigenvalue weighted by atomic mass is 9.97. The van der Waals surface area contributed by atoms with E-state index < -0.39 is 6.61 Å². The Bertz CT molecular complexity index is 534. The zero-order valence-electron chi connectivity index (χ0n) is 13.8. The second kappa shape index (κ2) is 8.06. The van der Waals surface area contributed by atoms with Crippen LogP contribution in [0.2, 0.25) is 0 Å². The van der Waals surface area contributed by atoms with Crippen LogP contribution < -0.4 is 10.1 Å². The molecule has 0 spiro atoms. The van der Waals surface area contributed by atoms with E-state index in [1.807, 2.05) is 0 Å². The van der Waals surface area contributed by atoms with Gasteiger partial charge in [0.25, 0.3) is 5.91 Å². The molecule has 130 valence electrons. The van der Waals surface area contributed by atoms with Crippen molar-refractivity contribution in [1.29, 1.82) is 0 Å². The number of amides is 1. The fourth-order valence-corrected chi connectivity index (χ4v) is 3.74. The van der Waals surface area contributed by atoms with Gasteiger partial charge in [0.2, 0.25) is 0 Å². The molecule has 1 aliphatic rings. The summed E-state index contributed by atoms with van der Waals surface area (Å²) in [6.45, 7) is 5.80. The number of carbonyl (C=O) groups excluding carboxylic acids is 1. The van der Waals surface area contributed by atoms with Gasteiger partial charge in [0.15, 0.2) is 0 Å². The SMILES string of the molecule is Cc1cc(OC(F)F)c(C(=O)NCC2CCCN(C(C)C)C2)s1. The molecule has 2 rings (SSSR count). The molecular weight excluding hydrogens is 322 g/mol. The van der Waals surface area contributed by atoms with Gasteiger partial charge in [0, 0.05) is 24.0 Å². The Hall–Kier alpha value is -1.21. The average Bonchev–Trinajstić information content (AvgIpc) is 2.85. The maximum absolute atomic E-state index is 12.4. The second-order valence-corrected chi connectivity index (χ2v) is 7.49. The molecule has 0 radical (unpaired) electrons. The molecule has 0 aromatic carbocycles. The van der Waals surface area contributed by atoms with E-state index in [-0.39, 0.29) is 16.5 Å². The summed E-state index contributed by atoms with van der Waals surface area (Å²) in [4.78, 5) is 15.7. The van der Waals surface area contributed by atoms with Crippen LogP contribution in [0.5, 0.6) is 5.75 Å². The third kappa shape index (κ3) is 5.14. The zero-order valence-corrected chi connectivity index (χ0v) is 14.6. The van der Waals surface area contributed by atoms with Gasteiger partial charge in [-0.25, -0.2) is 0 Å². The topological polar surface area (TPSA) is 41.6 Å². The number of nitrogens with zero attached hydrogens (tertiary/aromatic N) is 1. The monoisotopic (exact) mass is 346 g/mol. The van der Waals surface area contributed by atoms with Gasteiger partial charge in [-0.1, -0.05) is 0 Å². The highest BCUT2D eigenvalue weighted by molar-refractivity contribution is 7.14. The Labute approximate surface area is 139 Å². The van der Waals surface area contributed by atoms with Crippen LogP contribution >= 0.6 is 11.3 Å². The van der Waals surface area contributed by atoms with Crippen LogP contribution in [-0.2, 0) is 0 Å². The van der Waals surface area contributed by atoms with Crippen molar-refractivity contribution in [1.82, 2.24) is 10.2 Å². The Morgan fingerprint density at radius 1 is 1.52 bits per heavy atom. The Morgan fingerprint density at radius 2 is 2.26 bits per heavy atom. The number of ether oxygens (including phenoxy) is 1. The number of halogens is 2. The molecule has 1 aliphatic heterocycles. The first-order chi connectivity index (χ1) is 10.9. The van der Waals surface area contributed by atoms with Crippen molar-refractivity contribution in [3.05, 3.63) is 15.8 Å². The van der Waals surface area contributed by atoms with E-state index in [9.17, 15) is 13.6 Å². The van der Waals surface area contributed by atoms with Crippen molar-refractivity contribution < 1.29 is 18.3 Å². The van der Waals surface area contributed by atoms with Crippen LogP contribution in [0.4, 0.5) is 8.78 Å². The predicted octanol–water partition coefficient (Wildman–Crippen LogP) is 3.51. The highest BCUT2D eigenvalue weighted by atomic mass is 32.1. The summed E-state index contributed by atoms with van der Waals surface area (Å²) in [6, 6.07) is 1.98. The van der Waals surface area contributed by atoms with E-state index >= 15 is 0 Å². The van der Waals surface area contributed by atoms with E-state index in [2.05, 4.69) is 28.8 Å². The lowest BCUT2D eigenvalue weighted by molar-refractivity contribution is -0.0498. The minimum Gasteiger partial charge on any atom is -0.433 e. The molecule has 0 saturated carbocycles. The van der Waals surface area contributed by atoms with Crippen LogP contribution in [-0.4, -0.2) is 43.1 Å². The molecule has 4 nitrogen and oxygen atoms in total. The first kappa shape index (κ1) is 18.1. The van der Waals surface area contributed by atoms with Gasteiger partial charge >= 0.3 is 6.61 Å². The molecule has 0 aliphatic carbocycles. The first-order valence-electron chi connectivity index (χ1n) is 7.94. The van der Waals surface area contributed by atoms with Crippen molar-refractivity contribution in [3.8, 4) is 5.75 Å². The van der Waals surface area contributed by atoms with Crippen LogP contribution in [0.1, 0.15) is 41.2 Å². The third-order valence-electron chi connectivity index (χ3n) is 4.08. The molecule has 1 N–H and O–H groups in total. The van der Waals surface area contributed by atoms with Gasteiger partial charge in [0.1, 0.15) is 10.6 Å². The minimum atomic E-state index is -2.92. The van der Waals surface area contributed by atoms with Gasteiger partial charge in [0.05, 0.1) is 0 Å². The van der Waals surface area contributed by atoms with Crippen LogP contribution in [0.25, 0.3) is 0 Å². The fraction of sp³-hybridized carbons (Fsp3) is 0.688. The molecule has 1 aromatic rings. The standard InChI is InChI=1S/C16H24F2N2O2S/c1-10(2)20-6-4-5-12(9-20)8-19-15(21)14-13(22-16(17)18)7-11(3)23-14/h7,10,12,16H,4-6,8-9H2,1-3H3,(H,19,21). The van der Waals surface area contributed by atoms with E-state index in [1.165, 1.54) is 17.4 Å². The van der Waals surface area contributed by atoms with Crippen LogP contribution in [0.3, 0.4) is 0 Å². The van der Waals surface area contributed by atoms with Crippen LogP contribution in [0, 0.1) is 12.8 Å². The molecule has 1 unspecified atom stereocenters. The molecule has 1 amide bonds. The maximum Gasteiger partial charge on any atom is 0.387 e. The number of nitrogens with one attached hydrogen (secondary N) is 1. The zero-order chi connectivity index (χ0) is 17.0. The van der Waals surface area contributed by atoms with Gasteiger partial charge < -0.3 is 15.0 Å². The highest BCUT2D eigenvalue weighted by Gasteiger charge is 2.24. The summed E-state index contributed by atoms with van der Waals surface area (Å²) < 4.78 is 29.3. The number of hydrogen-bond acceptors (Lipinski definition) is 4. The summed E-state index contributed by atoms with van der Waals surface area (Å²) in [6.07, 6.45) is 2.20. The lowest BCUT2D eigenvalue weighted by Gasteiger charge is -2.35. The summed E-state index contributed by atoms with van der Waals surface area (Å²) >= 11 is 1.18. The van der Waals surface area contributed by atoms with Crippen molar-refractivity contribution in [2.45, 2.75) is 46.3 Å². The molecule has 0 bridgehead atoms. The average molecular weight is 346 g/mol. The Kier molecular flexibility index (Phi) is 6.35.